The SMILES string of the molecule is Brc1cc(CNc2ccccc2-c2ccccc2)oc1Br. The molecule has 1 heterocycles. The van der Waals surface area contributed by atoms with E-state index in [9.17, 15) is 0 Å². The molecule has 1 N–H and O–H groups in total. The molecule has 0 saturated heterocycles. The van der Waals surface area contributed by atoms with E-state index in [0.717, 1.165) is 20.6 Å². The summed E-state index contributed by atoms with van der Waals surface area (Å²) in [7, 11) is 0. The molecule has 3 rings (SSSR count). The Hall–Kier alpha value is -1.52. The van der Waals surface area contributed by atoms with E-state index in [0.29, 0.717) is 6.54 Å². The molecule has 1 aromatic heterocycles. The highest BCUT2D eigenvalue weighted by Gasteiger charge is 2.08. The van der Waals surface area contributed by atoms with Crippen molar-refractivity contribution in [3.63, 3.8) is 0 Å². The largest absolute Gasteiger partial charge is 0.451 e. The standard InChI is InChI=1S/C17H13Br2NO/c18-15-10-13(21-17(15)19)11-20-16-9-5-4-8-14(16)12-6-2-1-3-7-12/h1-10,20H,11H2. The summed E-state index contributed by atoms with van der Waals surface area (Å²) in [4.78, 5) is 0. The summed E-state index contributed by atoms with van der Waals surface area (Å²) in [5.74, 6) is 0.872. The first-order valence-electron chi connectivity index (χ1n) is 6.56. The lowest BCUT2D eigenvalue weighted by molar-refractivity contribution is 0.494. The highest BCUT2D eigenvalue weighted by molar-refractivity contribution is 9.13. The fraction of sp³-hybridized carbons (Fsp3) is 0.0588. The highest BCUT2D eigenvalue weighted by Crippen LogP contribution is 2.30. The van der Waals surface area contributed by atoms with E-state index in [-0.39, 0.29) is 0 Å². The van der Waals surface area contributed by atoms with Crippen molar-refractivity contribution in [3.8, 4) is 11.1 Å². The van der Waals surface area contributed by atoms with Crippen LogP contribution < -0.4 is 5.32 Å². The van der Waals surface area contributed by atoms with Gasteiger partial charge in [0, 0.05) is 11.3 Å². The molecule has 0 spiro atoms. The molecule has 0 aliphatic carbocycles. The van der Waals surface area contributed by atoms with Gasteiger partial charge in [-0.3, -0.25) is 0 Å². The molecule has 0 saturated carbocycles. The van der Waals surface area contributed by atoms with Crippen molar-refractivity contribution < 1.29 is 4.42 Å². The predicted molar refractivity (Wildman–Crippen MR) is 93.3 cm³/mol. The van der Waals surface area contributed by atoms with E-state index in [1.165, 1.54) is 11.1 Å². The van der Waals surface area contributed by atoms with Crippen LogP contribution in [0.4, 0.5) is 5.69 Å². The molecule has 0 unspecified atom stereocenters. The lowest BCUT2D eigenvalue weighted by Crippen LogP contribution is -1.99. The summed E-state index contributed by atoms with van der Waals surface area (Å²) < 4.78 is 7.23. The normalized spacial score (nSPS) is 10.6. The number of para-hydroxylation sites is 1. The van der Waals surface area contributed by atoms with Gasteiger partial charge in [0.1, 0.15) is 5.76 Å². The van der Waals surface area contributed by atoms with Gasteiger partial charge in [-0.25, -0.2) is 0 Å². The summed E-state index contributed by atoms with van der Waals surface area (Å²) >= 11 is 6.78. The van der Waals surface area contributed by atoms with Crippen LogP contribution in [0.15, 0.2) is 74.2 Å². The summed E-state index contributed by atoms with van der Waals surface area (Å²) in [6.45, 7) is 0.633. The maximum atomic E-state index is 5.59. The van der Waals surface area contributed by atoms with Gasteiger partial charge in [-0.2, -0.15) is 0 Å². The lowest BCUT2D eigenvalue weighted by Gasteiger charge is -2.11. The quantitative estimate of drug-likeness (QED) is 0.567. The Kier molecular flexibility index (Phi) is 4.46. The first-order valence-corrected chi connectivity index (χ1v) is 8.14. The Morgan fingerprint density at radius 3 is 2.33 bits per heavy atom. The number of halogens is 2. The van der Waals surface area contributed by atoms with Crippen LogP contribution >= 0.6 is 31.9 Å². The van der Waals surface area contributed by atoms with E-state index in [1.54, 1.807) is 0 Å². The molecular weight excluding hydrogens is 394 g/mol. The summed E-state index contributed by atoms with van der Waals surface area (Å²) in [6, 6.07) is 20.6. The first-order chi connectivity index (χ1) is 10.2. The lowest BCUT2D eigenvalue weighted by atomic mass is 10.0. The molecule has 0 amide bonds. The first kappa shape index (κ1) is 14.4. The molecule has 0 aliphatic rings. The summed E-state index contributed by atoms with van der Waals surface area (Å²) in [5.41, 5.74) is 3.47. The van der Waals surface area contributed by atoms with E-state index in [1.807, 2.05) is 36.4 Å². The smallest absolute Gasteiger partial charge is 0.183 e. The van der Waals surface area contributed by atoms with Crippen LogP contribution in [0.3, 0.4) is 0 Å². The molecule has 0 radical (unpaired) electrons. The van der Waals surface area contributed by atoms with Crippen molar-refractivity contribution >= 4 is 37.5 Å². The number of hydrogen-bond acceptors (Lipinski definition) is 2. The zero-order chi connectivity index (χ0) is 14.7. The third-order valence-corrected chi connectivity index (χ3v) is 4.87. The third kappa shape index (κ3) is 3.39. The zero-order valence-corrected chi connectivity index (χ0v) is 14.3. The minimum absolute atomic E-state index is 0.633. The van der Waals surface area contributed by atoms with E-state index >= 15 is 0 Å². The molecular formula is C17H13Br2NO. The van der Waals surface area contributed by atoms with Gasteiger partial charge in [0.05, 0.1) is 11.0 Å². The molecule has 0 atom stereocenters. The summed E-state index contributed by atoms with van der Waals surface area (Å²) in [6.07, 6.45) is 0. The van der Waals surface area contributed by atoms with E-state index < -0.39 is 0 Å². The Labute approximate surface area is 140 Å². The van der Waals surface area contributed by atoms with Gasteiger partial charge in [-0.05, 0) is 49.6 Å². The van der Waals surface area contributed by atoms with Gasteiger partial charge >= 0.3 is 0 Å². The van der Waals surface area contributed by atoms with Crippen LogP contribution in [0.25, 0.3) is 11.1 Å². The van der Waals surface area contributed by atoms with Crippen LogP contribution in [0.5, 0.6) is 0 Å². The van der Waals surface area contributed by atoms with Crippen LogP contribution in [0.1, 0.15) is 5.76 Å². The van der Waals surface area contributed by atoms with Crippen molar-refractivity contribution in [1.29, 1.82) is 0 Å². The molecule has 0 aliphatic heterocycles. The zero-order valence-electron chi connectivity index (χ0n) is 11.1. The predicted octanol–water partition coefficient (Wildman–Crippen LogP) is 6.08. The van der Waals surface area contributed by atoms with Gasteiger partial charge in [0.15, 0.2) is 4.67 Å². The molecule has 0 bridgehead atoms. The highest BCUT2D eigenvalue weighted by atomic mass is 79.9. The van der Waals surface area contributed by atoms with Crippen LogP contribution in [0.2, 0.25) is 0 Å². The van der Waals surface area contributed by atoms with Gasteiger partial charge in [0.2, 0.25) is 0 Å². The molecule has 21 heavy (non-hydrogen) atoms. The van der Waals surface area contributed by atoms with Crippen molar-refractivity contribution in [3.05, 3.63) is 75.6 Å². The second kappa shape index (κ2) is 6.50. The van der Waals surface area contributed by atoms with Crippen LogP contribution in [-0.2, 0) is 6.54 Å². The fourth-order valence-electron chi connectivity index (χ4n) is 2.17. The van der Waals surface area contributed by atoms with Crippen molar-refractivity contribution in [2.45, 2.75) is 6.54 Å². The molecule has 2 aromatic carbocycles. The second-order valence-corrected chi connectivity index (χ2v) is 6.17. The van der Waals surface area contributed by atoms with Crippen molar-refractivity contribution in [1.82, 2.24) is 0 Å². The molecule has 2 nitrogen and oxygen atoms in total. The monoisotopic (exact) mass is 405 g/mol. The number of furan rings is 1. The fourth-order valence-corrected chi connectivity index (χ4v) is 2.83. The Morgan fingerprint density at radius 1 is 0.905 bits per heavy atom. The molecule has 3 aromatic rings. The topological polar surface area (TPSA) is 25.2 Å². The van der Waals surface area contributed by atoms with Gasteiger partial charge in [-0.1, -0.05) is 48.5 Å². The molecule has 106 valence electrons. The van der Waals surface area contributed by atoms with Crippen molar-refractivity contribution in [2.24, 2.45) is 0 Å². The van der Waals surface area contributed by atoms with Gasteiger partial charge < -0.3 is 9.73 Å². The maximum absolute atomic E-state index is 5.59. The van der Waals surface area contributed by atoms with Crippen LogP contribution in [0, 0.1) is 0 Å². The summed E-state index contributed by atoms with van der Waals surface area (Å²) in [5, 5.41) is 3.43. The second-order valence-electron chi connectivity index (χ2n) is 4.60. The number of benzene rings is 2. The van der Waals surface area contributed by atoms with Crippen molar-refractivity contribution in [2.75, 3.05) is 5.32 Å². The number of anilines is 1. The number of rotatable bonds is 4. The minimum atomic E-state index is 0.633. The number of nitrogens with one attached hydrogen (secondary N) is 1. The molecule has 0 fully saturated rings. The van der Waals surface area contributed by atoms with Gasteiger partial charge in [-0.15, -0.1) is 0 Å². The van der Waals surface area contributed by atoms with E-state index in [2.05, 4.69) is 61.4 Å². The average Bonchev–Trinajstić information content (AvgIpc) is 2.85. The third-order valence-electron chi connectivity index (χ3n) is 3.16. The average molecular weight is 407 g/mol. The molecule has 4 heteroatoms. The number of hydrogen-bond donors (Lipinski definition) is 1. The van der Waals surface area contributed by atoms with E-state index in [4.69, 9.17) is 4.42 Å². The van der Waals surface area contributed by atoms with Gasteiger partial charge in [0.25, 0.3) is 0 Å². The Balaban J connectivity index is 1.83. The van der Waals surface area contributed by atoms with Crippen LogP contribution in [-0.4, -0.2) is 0 Å². The Morgan fingerprint density at radius 2 is 1.62 bits per heavy atom. The minimum Gasteiger partial charge on any atom is -0.451 e. The maximum Gasteiger partial charge on any atom is 0.183 e. The Bertz CT molecular complexity index is 718.